The van der Waals surface area contributed by atoms with Gasteiger partial charge in [0, 0.05) is 18.7 Å². The van der Waals surface area contributed by atoms with E-state index in [1.807, 2.05) is 26.8 Å². The number of amides is 1. The van der Waals surface area contributed by atoms with Crippen molar-refractivity contribution in [2.24, 2.45) is 0 Å². The van der Waals surface area contributed by atoms with E-state index in [2.05, 4.69) is 13.0 Å². The molecule has 0 radical (unpaired) electrons. The summed E-state index contributed by atoms with van der Waals surface area (Å²) in [5.41, 5.74) is 11.3. The average molecular weight is 344 g/mol. The molecule has 0 unspecified atom stereocenters. The Labute approximate surface area is 149 Å². The zero-order chi connectivity index (χ0) is 18.2. The van der Waals surface area contributed by atoms with Crippen molar-refractivity contribution in [3.05, 3.63) is 28.8 Å². The maximum absolute atomic E-state index is 12.2. The van der Waals surface area contributed by atoms with Gasteiger partial charge in [-0.25, -0.2) is 4.79 Å². The first-order valence-electron chi connectivity index (χ1n) is 8.98. The number of nitrogen functional groups attached to an aromatic ring is 1. The zero-order valence-corrected chi connectivity index (χ0v) is 15.6. The van der Waals surface area contributed by atoms with E-state index in [0.717, 1.165) is 37.3 Å². The highest BCUT2D eigenvalue weighted by Crippen LogP contribution is 2.40. The molecule has 0 atom stereocenters. The lowest BCUT2D eigenvalue weighted by Gasteiger charge is -2.31. The van der Waals surface area contributed by atoms with E-state index in [4.69, 9.17) is 15.2 Å². The van der Waals surface area contributed by atoms with Crippen molar-refractivity contribution < 1.29 is 14.3 Å². The third kappa shape index (κ3) is 3.75. The Morgan fingerprint density at radius 2 is 2.08 bits per heavy atom. The molecule has 0 fully saturated rings. The van der Waals surface area contributed by atoms with Crippen molar-refractivity contribution >= 4 is 17.4 Å². The van der Waals surface area contributed by atoms with Crippen molar-refractivity contribution in [2.45, 2.75) is 52.6 Å². The molecule has 136 valence electrons. The van der Waals surface area contributed by atoms with Crippen LogP contribution in [-0.2, 0) is 11.2 Å². The quantitative estimate of drug-likeness (QED) is 0.784. The van der Waals surface area contributed by atoms with Crippen LogP contribution in [0.15, 0.2) is 12.1 Å². The number of hydrogen-bond donors (Lipinski definition) is 1. The number of aryl methyl sites for hydroxylation is 1. The van der Waals surface area contributed by atoms with Crippen LogP contribution < -0.4 is 10.5 Å². The molecule has 0 spiro atoms. The van der Waals surface area contributed by atoms with Crippen LogP contribution in [0, 0.1) is 6.92 Å². The maximum atomic E-state index is 12.2. The Balaban J connectivity index is 1.84. The molecule has 0 aromatic heterocycles. The van der Waals surface area contributed by atoms with E-state index in [1.54, 1.807) is 4.90 Å². The average Bonchev–Trinajstić information content (AvgIpc) is 2.54. The number of fused-ring (bicyclic) bond motifs is 1. The first kappa shape index (κ1) is 17.6. The Kier molecular flexibility index (Phi) is 4.67. The summed E-state index contributed by atoms with van der Waals surface area (Å²) >= 11 is 0. The summed E-state index contributed by atoms with van der Waals surface area (Å²) in [4.78, 5) is 14.0. The van der Waals surface area contributed by atoms with Gasteiger partial charge >= 0.3 is 6.09 Å². The van der Waals surface area contributed by atoms with Crippen LogP contribution in [-0.4, -0.2) is 36.3 Å². The van der Waals surface area contributed by atoms with Crippen LogP contribution in [0.1, 0.15) is 50.3 Å². The third-order valence-corrected chi connectivity index (χ3v) is 4.60. The molecule has 5 heteroatoms. The monoisotopic (exact) mass is 344 g/mol. The second-order valence-electron chi connectivity index (χ2n) is 7.82. The van der Waals surface area contributed by atoms with Gasteiger partial charge in [-0.05, 0) is 69.7 Å². The number of carbonyl (C=O) groups excluding carboxylic acids is 1. The van der Waals surface area contributed by atoms with Crippen LogP contribution in [0.3, 0.4) is 0 Å². The number of anilines is 1. The Bertz CT molecular complexity index is 717. The van der Waals surface area contributed by atoms with Gasteiger partial charge in [-0.2, -0.15) is 0 Å². The van der Waals surface area contributed by atoms with Crippen molar-refractivity contribution in [3.8, 4) is 5.75 Å². The summed E-state index contributed by atoms with van der Waals surface area (Å²) in [5, 5.41) is 0. The topological polar surface area (TPSA) is 64.8 Å². The minimum absolute atomic E-state index is 0.248. The van der Waals surface area contributed by atoms with Crippen LogP contribution in [0.2, 0.25) is 0 Å². The van der Waals surface area contributed by atoms with Gasteiger partial charge < -0.3 is 20.1 Å². The minimum Gasteiger partial charge on any atom is -0.491 e. The normalized spacial score (nSPS) is 17.4. The summed E-state index contributed by atoms with van der Waals surface area (Å²) in [6.07, 6.45) is 4.71. The van der Waals surface area contributed by atoms with Crippen LogP contribution >= 0.6 is 0 Å². The number of benzene rings is 1. The molecular formula is C20H28N2O3. The summed E-state index contributed by atoms with van der Waals surface area (Å²) in [6.45, 7) is 9.73. The van der Waals surface area contributed by atoms with Gasteiger partial charge in [-0.1, -0.05) is 6.08 Å². The third-order valence-electron chi connectivity index (χ3n) is 4.60. The smallest absolute Gasteiger partial charge is 0.410 e. The lowest BCUT2D eigenvalue weighted by atomic mass is 9.87. The molecule has 2 heterocycles. The Morgan fingerprint density at radius 3 is 2.72 bits per heavy atom. The van der Waals surface area contributed by atoms with Gasteiger partial charge in [-0.3, -0.25) is 0 Å². The van der Waals surface area contributed by atoms with E-state index < -0.39 is 5.60 Å². The standard InChI is InChI=1S/C20H28N2O3/c1-13-12-16(21)18-15(6-5-11-24-18)17(13)14-7-9-22(10-8-14)19(23)25-20(2,3)4/h7,12H,5-6,8-11,21H2,1-4H3. The summed E-state index contributed by atoms with van der Waals surface area (Å²) in [5.74, 6) is 0.849. The Hall–Kier alpha value is -2.17. The van der Waals surface area contributed by atoms with E-state index in [-0.39, 0.29) is 6.09 Å². The highest BCUT2D eigenvalue weighted by Gasteiger charge is 2.27. The molecule has 1 aromatic rings. The molecule has 1 amide bonds. The molecule has 2 aliphatic rings. The molecule has 25 heavy (non-hydrogen) atoms. The molecule has 5 nitrogen and oxygen atoms in total. The van der Waals surface area contributed by atoms with Crippen molar-refractivity contribution in [2.75, 3.05) is 25.4 Å². The first-order valence-corrected chi connectivity index (χ1v) is 8.98. The number of nitrogens with two attached hydrogens (primary N) is 1. The fraction of sp³-hybridized carbons (Fsp3) is 0.550. The molecular weight excluding hydrogens is 316 g/mol. The number of ether oxygens (including phenoxy) is 2. The van der Waals surface area contributed by atoms with Gasteiger partial charge in [0.05, 0.1) is 12.3 Å². The van der Waals surface area contributed by atoms with Gasteiger partial charge in [0.25, 0.3) is 0 Å². The molecule has 0 saturated carbocycles. The van der Waals surface area contributed by atoms with E-state index in [0.29, 0.717) is 13.1 Å². The van der Waals surface area contributed by atoms with E-state index in [9.17, 15) is 4.79 Å². The summed E-state index contributed by atoms with van der Waals surface area (Å²) in [6, 6.07) is 2.00. The van der Waals surface area contributed by atoms with Gasteiger partial charge in [0.15, 0.2) is 0 Å². The highest BCUT2D eigenvalue weighted by atomic mass is 16.6. The van der Waals surface area contributed by atoms with Crippen molar-refractivity contribution in [1.29, 1.82) is 0 Å². The van der Waals surface area contributed by atoms with Gasteiger partial charge in [-0.15, -0.1) is 0 Å². The fourth-order valence-corrected chi connectivity index (χ4v) is 3.56. The lowest BCUT2D eigenvalue weighted by molar-refractivity contribution is 0.0270. The molecule has 0 aliphatic carbocycles. The summed E-state index contributed by atoms with van der Waals surface area (Å²) in [7, 11) is 0. The molecule has 0 saturated heterocycles. The van der Waals surface area contributed by atoms with Crippen molar-refractivity contribution in [1.82, 2.24) is 4.90 Å². The second kappa shape index (κ2) is 6.62. The number of rotatable bonds is 1. The zero-order valence-electron chi connectivity index (χ0n) is 15.6. The van der Waals surface area contributed by atoms with Crippen LogP contribution in [0.4, 0.5) is 10.5 Å². The number of carbonyl (C=O) groups is 1. The molecule has 0 bridgehead atoms. The minimum atomic E-state index is -0.467. The molecule has 1 aromatic carbocycles. The lowest BCUT2D eigenvalue weighted by Crippen LogP contribution is -2.39. The van der Waals surface area contributed by atoms with Gasteiger partial charge in [0.1, 0.15) is 11.4 Å². The second-order valence-corrected chi connectivity index (χ2v) is 7.82. The molecule has 2 aliphatic heterocycles. The Morgan fingerprint density at radius 1 is 1.32 bits per heavy atom. The van der Waals surface area contributed by atoms with E-state index in [1.165, 1.54) is 22.3 Å². The number of hydrogen-bond acceptors (Lipinski definition) is 4. The molecule has 3 rings (SSSR count). The summed E-state index contributed by atoms with van der Waals surface area (Å²) < 4.78 is 11.3. The predicted octanol–water partition coefficient (Wildman–Crippen LogP) is 3.93. The largest absolute Gasteiger partial charge is 0.491 e. The maximum Gasteiger partial charge on any atom is 0.410 e. The molecule has 2 N–H and O–H groups in total. The van der Waals surface area contributed by atoms with E-state index >= 15 is 0 Å². The van der Waals surface area contributed by atoms with Gasteiger partial charge in [0.2, 0.25) is 0 Å². The van der Waals surface area contributed by atoms with Crippen LogP contribution in [0.25, 0.3) is 5.57 Å². The predicted molar refractivity (Wildman–Crippen MR) is 99.8 cm³/mol. The fourth-order valence-electron chi connectivity index (χ4n) is 3.56. The van der Waals surface area contributed by atoms with Crippen LogP contribution in [0.5, 0.6) is 5.75 Å². The number of nitrogens with zero attached hydrogens (tertiary/aromatic N) is 1. The van der Waals surface area contributed by atoms with Crippen molar-refractivity contribution in [3.63, 3.8) is 0 Å². The highest BCUT2D eigenvalue weighted by molar-refractivity contribution is 5.79. The first-order chi connectivity index (χ1) is 11.8. The SMILES string of the molecule is Cc1cc(N)c2c(c1C1=CCN(C(=O)OC(C)(C)C)CC1)CCCO2.